The first-order valence-electron chi connectivity index (χ1n) is 11.1. The highest BCUT2D eigenvalue weighted by Crippen LogP contribution is 2.27. The zero-order valence-electron chi connectivity index (χ0n) is 18.3. The number of pyridine rings is 1. The van der Waals surface area contributed by atoms with Crippen LogP contribution in [0.3, 0.4) is 0 Å². The average Bonchev–Trinajstić information content (AvgIpc) is 2.84. The van der Waals surface area contributed by atoms with Crippen molar-refractivity contribution in [3.05, 3.63) is 84.1 Å². The number of carbonyl (C=O) groups excluding carboxylic acids is 1. The molecule has 4 aromatic rings. The lowest BCUT2D eigenvalue weighted by atomic mass is 10.0. The highest BCUT2D eigenvalue weighted by atomic mass is 32.2. The van der Waals surface area contributed by atoms with E-state index in [2.05, 4.69) is 65.5 Å². The van der Waals surface area contributed by atoms with Crippen LogP contribution in [0.25, 0.3) is 21.7 Å². The number of carbonyl (C=O) groups is 1. The number of hydrogen-bond donors (Lipinski definition) is 0. The number of aromatic nitrogens is 1. The monoisotopic (exact) mass is 441 g/mol. The molecule has 0 aliphatic carbocycles. The third-order valence-electron chi connectivity index (χ3n) is 6.20. The van der Waals surface area contributed by atoms with Crippen molar-refractivity contribution in [1.82, 2.24) is 14.8 Å². The number of piperazine rings is 1. The average molecular weight is 442 g/mol. The molecule has 1 amide bonds. The van der Waals surface area contributed by atoms with Crippen LogP contribution in [0, 0.1) is 0 Å². The van der Waals surface area contributed by atoms with E-state index in [0.29, 0.717) is 0 Å². The molecule has 1 fully saturated rings. The number of nitrogens with zero attached hydrogens (tertiary/aromatic N) is 3. The number of thioether (sulfide) groups is 1. The maximum atomic E-state index is 12.9. The van der Waals surface area contributed by atoms with Gasteiger partial charge in [0.25, 0.3) is 5.91 Å². The molecule has 1 saturated heterocycles. The van der Waals surface area contributed by atoms with Crippen LogP contribution in [0.1, 0.15) is 15.9 Å². The summed E-state index contributed by atoms with van der Waals surface area (Å²) in [7, 11) is 2.10. The van der Waals surface area contributed by atoms with Gasteiger partial charge >= 0.3 is 0 Å². The third kappa shape index (κ3) is 4.50. The van der Waals surface area contributed by atoms with Gasteiger partial charge in [-0.1, -0.05) is 42.5 Å². The van der Waals surface area contributed by atoms with Gasteiger partial charge in [0.2, 0.25) is 0 Å². The number of likely N-dealkylation sites (N-methyl/N-ethyl adjacent to an activating group) is 1. The maximum Gasteiger partial charge on any atom is 0.253 e. The van der Waals surface area contributed by atoms with E-state index in [0.717, 1.165) is 54.8 Å². The minimum absolute atomic E-state index is 0.144. The molecule has 0 bridgehead atoms. The molecule has 2 heterocycles. The summed E-state index contributed by atoms with van der Waals surface area (Å²) in [5.41, 5.74) is 3.15. The highest BCUT2D eigenvalue weighted by molar-refractivity contribution is 7.99. The van der Waals surface area contributed by atoms with Gasteiger partial charge in [-0.05, 0) is 54.1 Å². The van der Waals surface area contributed by atoms with Crippen molar-refractivity contribution in [2.24, 2.45) is 0 Å². The van der Waals surface area contributed by atoms with Crippen LogP contribution >= 0.6 is 11.8 Å². The van der Waals surface area contributed by atoms with E-state index in [1.54, 1.807) is 0 Å². The van der Waals surface area contributed by atoms with Crippen LogP contribution in [0.2, 0.25) is 0 Å². The van der Waals surface area contributed by atoms with Crippen LogP contribution in [0.4, 0.5) is 0 Å². The van der Waals surface area contributed by atoms with Crippen LogP contribution in [-0.4, -0.2) is 59.7 Å². The summed E-state index contributed by atoms with van der Waals surface area (Å²) >= 11 is 1.88. The molecule has 0 unspecified atom stereocenters. The molecule has 5 rings (SSSR count). The van der Waals surface area contributed by atoms with E-state index in [4.69, 9.17) is 0 Å². The molecule has 32 heavy (non-hydrogen) atoms. The van der Waals surface area contributed by atoms with Gasteiger partial charge in [0.15, 0.2) is 0 Å². The molecule has 5 heteroatoms. The Morgan fingerprint density at radius 3 is 2.59 bits per heavy atom. The van der Waals surface area contributed by atoms with Gasteiger partial charge in [-0.15, -0.1) is 11.8 Å². The number of amides is 1. The fourth-order valence-electron chi connectivity index (χ4n) is 4.25. The van der Waals surface area contributed by atoms with E-state index in [1.165, 1.54) is 21.2 Å². The van der Waals surface area contributed by atoms with Crippen molar-refractivity contribution in [2.45, 2.75) is 11.3 Å². The van der Waals surface area contributed by atoms with Gasteiger partial charge in [-0.2, -0.15) is 0 Å². The maximum absolute atomic E-state index is 12.9. The molecule has 1 aliphatic heterocycles. The second kappa shape index (κ2) is 9.31. The van der Waals surface area contributed by atoms with E-state index in [-0.39, 0.29) is 5.91 Å². The molecule has 162 valence electrons. The van der Waals surface area contributed by atoms with Gasteiger partial charge in [-0.25, -0.2) is 0 Å². The SMILES string of the molecule is CN1CCN(C(=O)c2ccc3cc(CCSc4ccnc5ccccc45)ccc3c2)CC1. The minimum atomic E-state index is 0.144. The zero-order chi connectivity index (χ0) is 21.9. The molecule has 0 saturated carbocycles. The highest BCUT2D eigenvalue weighted by Gasteiger charge is 2.20. The predicted molar refractivity (Wildman–Crippen MR) is 134 cm³/mol. The Labute approximate surface area is 193 Å². The molecular weight excluding hydrogens is 414 g/mol. The Hall–Kier alpha value is -2.89. The van der Waals surface area contributed by atoms with Crippen LogP contribution in [-0.2, 0) is 6.42 Å². The predicted octanol–water partition coefficient (Wildman–Crippen LogP) is 5.11. The Balaban J connectivity index is 1.26. The summed E-state index contributed by atoms with van der Waals surface area (Å²) in [5, 5.41) is 3.54. The third-order valence-corrected chi connectivity index (χ3v) is 7.27. The fourth-order valence-corrected chi connectivity index (χ4v) is 5.29. The first-order valence-corrected chi connectivity index (χ1v) is 12.1. The molecule has 4 nitrogen and oxygen atoms in total. The largest absolute Gasteiger partial charge is 0.336 e. The lowest BCUT2D eigenvalue weighted by molar-refractivity contribution is 0.0664. The van der Waals surface area contributed by atoms with E-state index < -0.39 is 0 Å². The summed E-state index contributed by atoms with van der Waals surface area (Å²) < 4.78 is 0. The Bertz CT molecular complexity index is 1260. The first kappa shape index (κ1) is 21.0. The normalized spacial score (nSPS) is 14.8. The second-order valence-corrected chi connectivity index (χ2v) is 9.55. The van der Waals surface area contributed by atoms with E-state index in [9.17, 15) is 4.79 Å². The van der Waals surface area contributed by atoms with Gasteiger partial charge in [0.05, 0.1) is 5.52 Å². The van der Waals surface area contributed by atoms with Crippen molar-refractivity contribution in [1.29, 1.82) is 0 Å². The summed E-state index contributed by atoms with van der Waals surface area (Å²) in [6.07, 6.45) is 2.89. The number of aryl methyl sites for hydroxylation is 1. The van der Waals surface area contributed by atoms with E-state index >= 15 is 0 Å². The number of rotatable bonds is 5. The van der Waals surface area contributed by atoms with Crippen molar-refractivity contribution in [2.75, 3.05) is 39.0 Å². The topological polar surface area (TPSA) is 36.4 Å². The molecule has 0 spiro atoms. The quantitative estimate of drug-likeness (QED) is 0.403. The van der Waals surface area contributed by atoms with Gasteiger partial charge in [0, 0.05) is 54.0 Å². The van der Waals surface area contributed by atoms with Crippen LogP contribution in [0.5, 0.6) is 0 Å². The van der Waals surface area contributed by atoms with Crippen molar-refractivity contribution in [3.8, 4) is 0 Å². The number of para-hydroxylation sites is 1. The molecule has 1 aliphatic rings. The summed E-state index contributed by atoms with van der Waals surface area (Å²) in [4.78, 5) is 22.9. The van der Waals surface area contributed by atoms with Crippen molar-refractivity contribution < 1.29 is 4.79 Å². The molecular formula is C27H27N3OS. The summed E-state index contributed by atoms with van der Waals surface area (Å²) in [5.74, 6) is 1.16. The number of hydrogen-bond acceptors (Lipinski definition) is 4. The Morgan fingerprint density at radius 1 is 0.938 bits per heavy atom. The number of benzene rings is 3. The molecule has 0 N–H and O–H groups in total. The smallest absolute Gasteiger partial charge is 0.253 e. The van der Waals surface area contributed by atoms with Crippen molar-refractivity contribution in [3.63, 3.8) is 0 Å². The fraction of sp³-hybridized carbons (Fsp3) is 0.259. The Morgan fingerprint density at radius 2 is 1.72 bits per heavy atom. The first-order chi connectivity index (χ1) is 15.7. The minimum Gasteiger partial charge on any atom is -0.336 e. The van der Waals surface area contributed by atoms with E-state index in [1.807, 2.05) is 41.1 Å². The second-order valence-electron chi connectivity index (χ2n) is 8.42. The summed E-state index contributed by atoms with van der Waals surface area (Å²) in [6.45, 7) is 3.49. The standard InChI is InChI=1S/C27H27N3OS/c1-29-13-15-30(16-14-29)27(31)23-9-8-21-18-20(6-7-22(21)19-23)11-17-32-26-10-12-28-25-5-3-2-4-24(25)26/h2-10,12,18-19H,11,13-17H2,1H3. The van der Waals surface area contributed by atoms with Gasteiger partial charge in [0.1, 0.15) is 0 Å². The van der Waals surface area contributed by atoms with Gasteiger partial charge in [-0.3, -0.25) is 9.78 Å². The summed E-state index contributed by atoms with van der Waals surface area (Å²) in [6, 6.07) is 23.1. The van der Waals surface area contributed by atoms with Crippen LogP contribution < -0.4 is 0 Å². The van der Waals surface area contributed by atoms with Crippen LogP contribution in [0.15, 0.2) is 77.8 Å². The molecule has 3 aromatic carbocycles. The van der Waals surface area contributed by atoms with Gasteiger partial charge < -0.3 is 9.80 Å². The lowest BCUT2D eigenvalue weighted by Crippen LogP contribution is -2.47. The molecule has 0 radical (unpaired) electrons. The van der Waals surface area contributed by atoms with Crippen molar-refractivity contribution >= 4 is 39.3 Å². The lowest BCUT2D eigenvalue weighted by Gasteiger charge is -2.32. The molecule has 1 aromatic heterocycles. The zero-order valence-corrected chi connectivity index (χ0v) is 19.1. The molecule has 0 atom stereocenters. The Kier molecular flexibility index (Phi) is 6.10. The number of fused-ring (bicyclic) bond motifs is 2.